The van der Waals surface area contributed by atoms with E-state index in [9.17, 15) is 0 Å². The molecule has 0 bridgehead atoms. The number of hydrogen-bond donors (Lipinski definition) is 0. The molecule has 0 fully saturated rings. The first-order valence-electron chi connectivity index (χ1n) is 16.2. The van der Waals surface area contributed by atoms with E-state index >= 15 is 0 Å². The van der Waals surface area contributed by atoms with Gasteiger partial charge in [0.25, 0.3) is 0 Å². The Balaban J connectivity index is 1.28. The first-order valence-corrected chi connectivity index (χ1v) is 17.0. The summed E-state index contributed by atoms with van der Waals surface area (Å²) in [6, 6.07) is 52.0. The Morgan fingerprint density at radius 2 is 1.02 bits per heavy atom. The summed E-state index contributed by atoms with van der Waals surface area (Å²) >= 11 is 1.86. The van der Waals surface area contributed by atoms with Crippen molar-refractivity contribution in [1.29, 1.82) is 0 Å². The van der Waals surface area contributed by atoms with Gasteiger partial charge in [-0.25, -0.2) is 0 Å². The second kappa shape index (κ2) is 9.79. The predicted molar refractivity (Wildman–Crippen MR) is 201 cm³/mol. The van der Waals surface area contributed by atoms with Gasteiger partial charge in [0, 0.05) is 37.2 Å². The Kier molecular flexibility index (Phi) is 5.83. The van der Waals surface area contributed by atoms with Gasteiger partial charge in [-0.05, 0) is 115 Å². The fourth-order valence-electron chi connectivity index (χ4n) is 7.78. The van der Waals surface area contributed by atoms with Crippen molar-refractivity contribution in [3.05, 3.63) is 151 Å². The van der Waals surface area contributed by atoms with Gasteiger partial charge >= 0.3 is 0 Å². The van der Waals surface area contributed by atoms with E-state index < -0.39 is 0 Å². The van der Waals surface area contributed by atoms with E-state index in [4.69, 9.17) is 0 Å². The smallest absolute Gasteiger partial charge is 0.0468 e. The molecule has 0 saturated heterocycles. The second-order valence-corrected chi connectivity index (χ2v) is 14.9. The Hall–Kier alpha value is -4.92. The molecule has 0 N–H and O–H groups in total. The summed E-state index contributed by atoms with van der Waals surface area (Å²) in [4.78, 5) is 2.41. The summed E-state index contributed by atoms with van der Waals surface area (Å²) in [5.41, 5.74) is 9.02. The molecule has 2 heteroatoms. The molecular formula is C44H35NS. The number of thiophene rings is 1. The highest BCUT2D eigenvalue weighted by Gasteiger charge is 2.45. The molecule has 1 nitrogen and oxygen atoms in total. The monoisotopic (exact) mass is 609 g/mol. The summed E-state index contributed by atoms with van der Waals surface area (Å²) in [7, 11) is 0. The van der Waals surface area contributed by atoms with Crippen LogP contribution in [0.1, 0.15) is 38.8 Å². The van der Waals surface area contributed by atoms with E-state index in [1.54, 1.807) is 0 Å². The SMILES string of the molecule is CC1(C)c2ccccc2-c2cc3ccc4ccc(N(c5ccccc5)c5ccc6sc7ccccc7c6c5)cc4c3cc2C1(C)C. The Labute approximate surface area is 274 Å². The zero-order valence-corrected chi connectivity index (χ0v) is 27.5. The highest BCUT2D eigenvalue weighted by atomic mass is 32.1. The topological polar surface area (TPSA) is 3.24 Å². The minimum absolute atomic E-state index is 0.00536. The van der Waals surface area contributed by atoms with E-state index in [0.29, 0.717) is 0 Å². The minimum atomic E-state index is -0.0422. The van der Waals surface area contributed by atoms with Crippen molar-refractivity contribution >= 4 is 70.1 Å². The van der Waals surface area contributed by atoms with Crippen molar-refractivity contribution in [2.75, 3.05) is 4.90 Å². The molecule has 0 aliphatic heterocycles. The molecule has 0 saturated carbocycles. The normalized spacial score (nSPS) is 14.9. The maximum Gasteiger partial charge on any atom is 0.0468 e. The second-order valence-electron chi connectivity index (χ2n) is 13.8. The summed E-state index contributed by atoms with van der Waals surface area (Å²) in [6.07, 6.45) is 0. The average molecular weight is 610 g/mol. The molecule has 1 aliphatic rings. The maximum atomic E-state index is 2.50. The molecule has 46 heavy (non-hydrogen) atoms. The number of nitrogens with zero attached hydrogens (tertiary/aromatic N) is 1. The highest BCUT2D eigenvalue weighted by molar-refractivity contribution is 7.25. The summed E-state index contributed by atoms with van der Waals surface area (Å²) in [5, 5.41) is 7.77. The molecule has 9 rings (SSSR count). The van der Waals surface area contributed by atoms with Crippen molar-refractivity contribution in [3.8, 4) is 11.1 Å². The van der Waals surface area contributed by atoms with Crippen LogP contribution >= 0.6 is 11.3 Å². The molecule has 0 atom stereocenters. The minimum Gasteiger partial charge on any atom is -0.310 e. The van der Waals surface area contributed by atoms with Gasteiger partial charge < -0.3 is 4.90 Å². The van der Waals surface area contributed by atoms with Crippen LogP contribution in [-0.4, -0.2) is 0 Å². The standard InChI is InChI=1S/C44H35NS/c1-43(2)39-16-10-8-14-33(39)37-24-29-19-18-28-20-21-31(25-35(28)36(29)27-40(37)44(43,3)4)45(30-12-6-5-7-13-30)32-22-23-42-38(26-32)34-15-9-11-17-41(34)46-42/h5-27H,1-4H3. The predicted octanol–water partition coefficient (Wildman–Crippen LogP) is 13.1. The first kappa shape index (κ1) is 27.4. The van der Waals surface area contributed by atoms with Crippen LogP contribution in [0.3, 0.4) is 0 Å². The number of rotatable bonds is 3. The van der Waals surface area contributed by atoms with Crippen molar-refractivity contribution in [1.82, 2.24) is 0 Å². The van der Waals surface area contributed by atoms with Gasteiger partial charge in [0.1, 0.15) is 0 Å². The third kappa shape index (κ3) is 3.87. The zero-order chi connectivity index (χ0) is 31.2. The van der Waals surface area contributed by atoms with Gasteiger partial charge in [-0.2, -0.15) is 0 Å². The number of para-hydroxylation sites is 1. The van der Waals surface area contributed by atoms with Gasteiger partial charge in [0.05, 0.1) is 0 Å². The zero-order valence-electron chi connectivity index (χ0n) is 26.6. The molecule has 1 aromatic heterocycles. The van der Waals surface area contributed by atoms with Crippen LogP contribution in [0.4, 0.5) is 17.1 Å². The van der Waals surface area contributed by atoms with Crippen LogP contribution in [-0.2, 0) is 10.8 Å². The van der Waals surface area contributed by atoms with E-state index in [1.807, 2.05) is 11.3 Å². The van der Waals surface area contributed by atoms with Gasteiger partial charge in [-0.1, -0.05) is 107 Å². The van der Waals surface area contributed by atoms with Crippen LogP contribution in [0.5, 0.6) is 0 Å². The molecule has 0 spiro atoms. The Bertz CT molecular complexity index is 2480. The lowest BCUT2D eigenvalue weighted by molar-refractivity contribution is 0.299. The van der Waals surface area contributed by atoms with E-state index in [-0.39, 0.29) is 10.8 Å². The van der Waals surface area contributed by atoms with Crippen LogP contribution in [0.15, 0.2) is 140 Å². The number of fused-ring (bicyclic) bond motifs is 9. The molecule has 0 radical (unpaired) electrons. The van der Waals surface area contributed by atoms with Crippen molar-refractivity contribution in [2.45, 2.75) is 38.5 Å². The lowest BCUT2D eigenvalue weighted by Crippen LogP contribution is -2.43. The summed E-state index contributed by atoms with van der Waals surface area (Å²) in [5.74, 6) is 0. The first-order chi connectivity index (χ1) is 22.3. The molecule has 1 aliphatic carbocycles. The quantitative estimate of drug-likeness (QED) is 0.180. The van der Waals surface area contributed by atoms with E-state index in [2.05, 4.69) is 172 Å². The number of hydrogen-bond acceptors (Lipinski definition) is 2. The van der Waals surface area contributed by atoms with E-state index in [0.717, 1.165) is 11.4 Å². The van der Waals surface area contributed by atoms with Crippen molar-refractivity contribution < 1.29 is 0 Å². The van der Waals surface area contributed by atoms with Crippen molar-refractivity contribution in [3.63, 3.8) is 0 Å². The fraction of sp³-hybridized carbons (Fsp3) is 0.136. The Morgan fingerprint density at radius 3 is 1.87 bits per heavy atom. The largest absolute Gasteiger partial charge is 0.310 e. The number of benzene rings is 7. The summed E-state index contributed by atoms with van der Waals surface area (Å²) < 4.78 is 2.65. The van der Waals surface area contributed by atoms with Crippen LogP contribution < -0.4 is 4.90 Å². The third-order valence-electron chi connectivity index (χ3n) is 11.0. The molecule has 0 amide bonds. The maximum absolute atomic E-state index is 2.50. The highest BCUT2D eigenvalue weighted by Crippen LogP contribution is 2.55. The van der Waals surface area contributed by atoms with Crippen LogP contribution in [0.2, 0.25) is 0 Å². The van der Waals surface area contributed by atoms with E-state index in [1.165, 1.54) is 69.7 Å². The van der Waals surface area contributed by atoms with Crippen LogP contribution in [0, 0.1) is 0 Å². The van der Waals surface area contributed by atoms with Crippen molar-refractivity contribution in [2.24, 2.45) is 0 Å². The lowest BCUT2D eigenvalue weighted by atomic mass is 9.55. The van der Waals surface area contributed by atoms with Gasteiger partial charge in [-0.3, -0.25) is 0 Å². The Morgan fingerprint density at radius 1 is 0.413 bits per heavy atom. The molecule has 8 aromatic rings. The van der Waals surface area contributed by atoms with Gasteiger partial charge in [0.15, 0.2) is 0 Å². The molecule has 0 unspecified atom stereocenters. The summed E-state index contributed by atoms with van der Waals surface area (Å²) in [6.45, 7) is 9.66. The van der Waals surface area contributed by atoms with Gasteiger partial charge in [0.2, 0.25) is 0 Å². The molecule has 222 valence electrons. The lowest BCUT2D eigenvalue weighted by Gasteiger charge is -2.48. The molecule has 1 heterocycles. The number of anilines is 3. The van der Waals surface area contributed by atoms with Gasteiger partial charge in [-0.15, -0.1) is 11.3 Å². The molecule has 7 aromatic carbocycles. The van der Waals surface area contributed by atoms with Crippen LogP contribution in [0.25, 0.3) is 52.8 Å². The fourth-order valence-corrected chi connectivity index (χ4v) is 8.87. The average Bonchev–Trinajstić information content (AvgIpc) is 3.46. The molecular weight excluding hydrogens is 575 g/mol. The third-order valence-corrected chi connectivity index (χ3v) is 12.1.